The van der Waals surface area contributed by atoms with E-state index >= 15 is 0 Å². The lowest BCUT2D eigenvalue weighted by Gasteiger charge is -2.34. The summed E-state index contributed by atoms with van der Waals surface area (Å²) in [4.78, 5) is 29.0. The van der Waals surface area contributed by atoms with Crippen molar-refractivity contribution in [3.05, 3.63) is 30.3 Å². The number of carbonyl (C=O) groups is 2. The van der Waals surface area contributed by atoms with Gasteiger partial charge in [0.05, 0.1) is 6.54 Å². The smallest absolute Gasteiger partial charge is 0.234 e. The Balaban J connectivity index is 1.64. The number of hydrogen-bond acceptors (Lipinski definition) is 4. The van der Waals surface area contributed by atoms with E-state index < -0.39 is 0 Å². The molecule has 2 amide bonds. The molecule has 23 heavy (non-hydrogen) atoms. The van der Waals surface area contributed by atoms with Gasteiger partial charge in [0, 0.05) is 49.8 Å². The molecule has 0 radical (unpaired) electrons. The number of rotatable bonds is 7. The molecule has 1 aromatic carbocycles. The van der Waals surface area contributed by atoms with Gasteiger partial charge in [0.1, 0.15) is 0 Å². The van der Waals surface area contributed by atoms with Crippen molar-refractivity contribution in [1.82, 2.24) is 15.1 Å². The molecule has 1 fully saturated rings. The largest absolute Gasteiger partial charge is 0.355 e. The molecule has 2 rings (SSSR count). The predicted octanol–water partition coefficient (Wildman–Crippen LogP) is 1.45. The summed E-state index contributed by atoms with van der Waals surface area (Å²) in [5.74, 6) is 1.08. The Morgan fingerprint density at radius 2 is 1.83 bits per heavy atom. The monoisotopic (exact) mass is 335 g/mol. The van der Waals surface area contributed by atoms with Crippen LogP contribution < -0.4 is 5.32 Å². The van der Waals surface area contributed by atoms with E-state index in [1.54, 1.807) is 11.8 Å². The lowest BCUT2D eigenvalue weighted by atomic mass is 10.3. The van der Waals surface area contributed by atoms with Gasteiger partial charge in [-0.05, 0) is 19.1 Å². The molecule has 1 heterocycles. The van der Waals surface area contributed by atoms with E-state index in [4.69, 9.17) is 0 Å². The SMILES string of the molecule is CCNC(=O)CN1CCN(C(=O)CCSc2ccccc2)CC1. The number of carbonyl (C=O) groups excluding carboxylic acids is 2. The average Bonchev–Trinajstić information content (AvgIpc) is 2.56. The Hall–Kier alpha value is -1.53. The molecular weight excluding hydrogens is 310 g/mol. The van der Waals surface area contributed by atoms with Gasteiger partial charge in [-0.1, -0.05) is 18.2 Å². The van der Waals surface area contributed by atoms with Crippen LogP contribution in [0.4, 0.5) is 0 Å². The van der Waals surface area contributed by atoms with Crippen molar-refractivity contribution in [3.8, 4) is 0 Å². The average molecular weight is 335 g/mol. The maximum Gasteiger partial charge on any atom is 0.234 e. The van der Waals surface area contributed by atoms with Gasteiger partial charge in [-0.3, -0.25) is 14.5 Å². The minimum absolute atomic E-state index is 0.0616. The molecular formula is C17H25N3O2S. The van der Waals surface area contributed by atoms with E-state index in [-0.39, 0.29) is 11.8 Å². The summed E-state index contributed by atoms with van der Waals surface area (Å²) in [7, 11) is 0. The zero-order chi connectivity index (χ0) is 16.5. The van der Waals surface area contributed by atoms with Crippen molar-refractivity contribution in [2.75, 3.05) is 45.0 Å². The molecule has 0 aliphatic carbocycles. The summed E-state index contributed by atoms with van der Waals surface area (Å²) in [5, 5.41) is 2.81. The summed E-state index contributed by atoms with van der Waals surface area (Å²) < 4.78 is 0. The summed E-state index contributed by atoms with van der Waals surface area (Å²) >= 11 is 1.72. The summed E-state index contributed by atoms with van der Waals surface area (Å²) in [6.07, 6.45) is 0.565. The minimum Gasteiger partial charge on any atom is -0.355 e. The van der Waals surface area contributed by atoms with Crippen molar-refractivity contribution >= 4 is 23.6 Å². The second-order valence-electron chi connectivity index (χ2n) is 5.52. The fourth-order valence-corrected chi connectivity index (χ4v) is 3.40. The molecule has 1 aliphatic rings. The highest BCUT2D eigenvalue weighted by atomic mass is 32.2. The molecule has 0 saturated carbocycles. The third kappa shape index (κ3) is 6.23. The van der Waals surface area contributed by atoms with Crippen LogP contribution in [0.5, 0.6) is 0 Å². The van der Waals surface area contributed by atoms with E-state index in [2.05, 4.69) is 22.3 Å². The van der Waals surface area contributed by atoms with E-state index in [1.165, 1.54) is 4.90 Å². The first kappa shape index (κ1) is 17.8. The molecule has 126 valence electrons. The Morgan fingerprint density at radius 3 is 2.48 bits per heavy atom. The zero-order valence-electron chi connectivity index (χ0n) is 13.7. The fraction of sp³-hybridized carbons (Fsp3) is 0.529. The highest BCUT2D eigenvalue weighted by molar-refractivity contribution is 7.99. The van der Waals surface area contributed by atoms with Crippen LogP contribution in [0.25, 0.3) is 0 Å². The highest BCUT2D eigenvalue weighted by Gasteiger charge is 2.21. The number of thioether (sulfide) groups is 1. The van der Waals surface area contributed by atoms with Crippen LogP contribution in [0.15, 0.2) is 35.2 Å². The Bertz CT molecular complexity index is 502. The van der Waals surface area contributed by atoms with Crippen molar-refractivity contribution in [1.29, 1.82) is 0 Å². The van der Waals surface area contributed by atoms with Gasteiger partial charge < -0.3 is 10.2 Å². The van der Waals surface area contributed by atoms with Crippen molar-refractivity contribution < 1.29 is 9.59 Å². The first-order valence-electron chi connectivity index (χ1n) is 8.13. The van der Waals surface area contributed by atoms with Gasteiger partial charge in [0.2, 0.25) is 11.8 Å². The normalized spacial score (nSPS) is 15.4. The predicted molar refractivity (Wildman–Crippen MR) is 93.5 cm³/mol. The third-order valence-electron chi connectivity index (χ3n) is 3.79. The number of hydrogen-bond donors (Lipinski definition) is 1. The Labute approximate surface area is 142 Å². The van der Waals surface area contributed by atoms with Crippen LogP contribution in [0, 0.1) is 0 Å². The molecule has 1 aromatic rings. The van der Waals surface area contributed by atoms with Crippen molar-refractivity contribution in [3.63, 3.8) is 0 Å². The fourth-order valence-electron chi connectivity index (χ4n) is 2.54. The first-order chi connectivity index (χ1) is 11.2. The number of benzene rings is 1. The molecule has 0 spiro atoms. The summed E-state index contributed by atoms with van der Waals surface area (Å²) in [6.45, 7) is 5.99. The Morgan fingerprint density at radius 1 is 1.13 bits per heavy atom. The summed E-state index contributed by atoms with van der Waals surface area (Å²) in [6, 6.07) is 10.1. The van der Waals surface area contributed by atoms with Crippen molar-refractivity contribution in [2.24, 2.45) is 0 Å². The molecule has 1 saturated heterocycles. The van der Waals surface area contributed by atoms with Gasteiger partial charge >= 0.3 is 0 Å². The van der Waals surface area contributed by atoms with Crippen LogP contribution in [-0.2, 0) is 9.59 Å². The second kappa shape index (κ2) is 9.57. The number of piperazine rings is 1. The minimum atomic E-state index is 0.0616. The van der Waals surface area contributed by atoms with E-state index in [0.717, 1.165) is 18.8 Å². The summed E-state index contributed by atoms with van der Waals surface area (Å²) in [5.41, 5.74) is 0. The molecule has 0 bridgehead atoms. The number of likely N-dealkylation sites (N-methyl/N-ethyl adjacent to an activating group) is 1. The van der Waals surface area contributed by atoms with Crippen LogP contribution in [0.3, 0.4) is 0 Å². The van der Waals surface area contributed by atoms with E-state index in [9.17, 15) is 9.59 Å². The molecule has 0 atom stereocenters. The molecule has 0 aromatic heterocycles. The van der Waals surface area contributed by atoms with Gasteiger partial charge in [0.25, 0.3) is 0 Å². The number of nitrogens with one attached hydrogen (secondary N) is 1. The second-order valence-corrected chi connectivity index (χ2v) is 6.69. The van der Waals surface area contributed by atoms with Crippen LogP contribution >= 0.6 is 11.8 Å². The van der Waals surface area contributed by atoms with Gasteiger partial charge in [-0.2, -0.15) is 0 Å². The molecule has 5 nitrogen and oxygen atoms in total. The first-order valence-corrected chi connectivity index (χ1v) is 9.12. The number of nitrogens with zero attached hydrogens (tertiary/aromatic N) is 2. The quantitative estimate of drug-likeness (QED) is 0.766. The third-order valence-corrected chi connectivity index (χ3v) is 4.81. The van der Waals surface area contributed by atoms with Crippen LogP contribution in [0.1, 0.15) is 13.3 Å². The van der Waals surface area contributed by atoms with E-state index in [0.29, 0.717) is 32.6 Å². The number of amides is 2. The zero-order valence-corrected chi connectivity index (χ0v) is 14.5. The maximum absolute atomic E-state index is 12.2. The topological polar surface area (TPSA) is 52.7 Å². The maximum atomic E-state index is 12.2. The van der Waals surface area contributed by atoms with E-state index in [1.807, 2.05) is 30.0 Å². The van der Waals surface area contributed by atoms with Crippen LogP contribution in [-0.4, -0.2) is 66.6 Å². The lowest BCUT2D eigenvalue weighted by Crippen LogP contribution is -2.51. The lowest BCUT2D eigenvalue weighted by molar-refractivity contribution is -0.132. The van der Waals surface area contributed by atoms with Gasteiger partial charge in [-0.15, -0.1) is 11.8 Å². The van der Waals surface area contributed by atoms with Gasteiger partial charge in [0.15, 0.2) is 0 Å². The molecule has 1 aliphatic heterocycles. The highest BCUT2D eigenvalue weighted by Crippen LogP contribution is 2.18. The molecule has 6 heteroatoms. The molecule has 0 unspecified atom stereocenters. The Kier molecular flexibility index (Phi) is 7.42. The standard InChI is InChI=1S/C17H25N3O2S/c1-2-18-16(21)14-19-9-11-20(12-10-19)17(22)8-13-23-15-6-4-3-5-7-15/h3-7H,2,8-14H2,1H3,(H,18,21). The van der Waals surface area contributed by atoms with Crippen molar-refractivity contribution in [2.45, 2.75) is 18.2 Å². The van der Waals surface area contributed by atoms with Gasteiger partial charge in [-0.25, -0.2) is 0 Å². The van der Waals surface area contributed by atoms with Crippen LogP contribution in [0.2, 0.25) is 0 Å². The molecule has 1 N–H and O–H groups in total.